The minimum atomic E-state index is 0.634. The lowest BCUT2D eigenvalue weighted by molar-refractivity contribution is 0.356. The summed E-state index contributed by atoms with van der Waals surface area (Å²) in [6.45, 7) is 3.33. The highest BCUT2D eigenvalue weighted by atomic mass is 32.1. The number of hydrogen-bond acceptors (Lipinski definition) is 5. The predicted octanol–water partition coefficient (Wildman–Crippen LogP) is 4.46. The second kappa shape index (κ2) is 10.0. The van der Waals surface area contributed by atoms with Gasteiger partial charge >= 0.3 is 0 Å². The molecule has 2 rings (SSSR count). The van der Waals surface area contributed by atoms with Gasteiger partial charge in [0.1, 0.15) is 23.0 Å². The molecule has 2 aromatic rings. The summed E-state index contributed by atoms with van der Waals surface area (Å²) in [5, 5.41) is 0. The topological polar surface area (TPSA) is 40.2 Å². The van der Waals surface area contributed by atoms with Gasteiger partial charge in [-0.1, -0.05) is 19.1 Å². The van der Waals surface area contributed by atoms with Crippen LogP contribution in [0.15, 0.2) is 36.4 Å². The molecular weight excluding hydrogens is 362 g/mol. The van der Waals surface area contributed by atoms with Gasteiger partial charge in [-0.05, 0) is 30.7 Å². The van der Waals surface area contributed by atoms with Gasteiger partial charge in [0.15, 0.2) is 0 Å². The number of methoxy groups -OCH3 is 4. The van der Waals surface area contributed by atoms with Gasteiger partial charge in [0.2, 0.25) is 0 Å². The molecule has 0 saturated heterocycles. The Labute approximate surface area is 166 Å². The van der Waals surface area contributed by atoms with Gasteiger partial charge in [0.05, 0.1) is 33.4 Å². The van der Waals surface area contributed by atoms with Crippen molar-refractivity contribution >= 4 is 17.2 Å². The monoisotopic (exact) mass is 389 g/mol. The SMILES string of the molecule is CCC(=S)N(Cc1ccc(OC)cc1OC)Cc1ccc(OC)cc1OC. The van der Waals surface area contributed by atoms with Crippen LogP contribution in [0.2, 0.25) is 0 Å². The van der Waals surface area contributed by atoms with Crippen molar-refractivity contribution in [2.75, 3.05) is 28.4 Å². The van der Waals surface area contributed by atoms with E-state index in [4.69, 9.17) is 31.2 Å². The molecule has 0 atom stereocenters. The van der Waals surface area contributed by atoms with E-state index in [0.717, 1.165) is 45.5 Å². The highest BCUT2D eigenvalue weighted by molar-refractivity contribution is 7.80. The van der Waals surface area contributed by atoms with E-state index in [2.05, 4.69) is 11.8 Å². The summed E-state index contributed by atoms with van der Waals surface area (Å²) in [6.07, 6.45) is 0.784. The molecule has 146 valence electrons. The molecule has 0 amide bonds. The van der Waals surface area contributed by atoms with Gasteiger partial charge in [-0.25, -0.2) is 0 Å². The normalized spacial score (nSPS) is 10.3. The van der Waals surface area contributed by atoms with Crippen LogP contribution in [0.1, 0.15) is 24.5 Å². The number of ether oxygens (including phenoxy) is 4. The summed E-state index contributed by atoms with van der Waals surface area (Å²) in [7, 11) is 6.60. The van der Waals surface area contributed by atoms with Crippen molar-refractivity contribution in [1.29, 1.82) is 0 Å². The van der Waals surface area contributed by atoms with Crippen molar-refractivity contribution in [1.82, 2.24) is 4.90 Å². The van der Waals surface area contributed by atoms with Gasteiger partial charge in [-0.15, -0.1) is 0 Å². The molecule has 0 heterocycles. The fourth-order valence-corrected chi connectivity index (χ4v) is 2.96. The average molecular weight is 390 g/mol. The zero-order valence-corrected chi connectivity index (χ0v) is 17.4. The molecule has 0 aliphatic rings. The van der Waals surface area contributed by atoms with E-state index in [-0.39, 0.29) is 0 Å². The molecular formula is C21H27NO4S. The predicted molar refractivity (Wildman–Crippen MR) is 111 cm³/mol. The molecule has 5 nitrogen and oxygen atoms in total. The van der Waals surface area contributed by atoms with Gasteiger partial charge in [0.25, 0.3) is 0 Å². The van der Waals surface area contributed by atoms with Gasteiger partial charge in [-0.2, -0.15) is 0 Å². The highest BCUT2D eigenvalue weighted by Gasteiger charge is 2.16. The van der Waals surface area contributed by atoms with Crippen LogP contribution in [0, 0.1) is 0 Å². The molecule has 2 aromatic carbocycles. The lowest BCUT2D eigenvalue weighted by Gasteiger charge is -2.27. The number of benzene rings is 2. The Bertz CT molecular complexity index is 721. The first-order chi connectivity index (χ1) is 13.1. The third kappa shape index (κ3) is 5.26. The third-order valence-electron chi connectivity index (χ3n) is 4.37. The van der Waals surface area contributed by atoms with Crippen LogP contribution < -0.4 is 18.9 Å². The van der Waals surface area contributed by atoms with Crippen LogP contribution in [-0.2, 0) is 13.1 Å². The van der Waals surface area contributed by atoms with Gasteiger partial charge < -0.3 is 23.8 Å². The van der Waals surface area contributed by atoms with Crippen LogP contribution in [0.5, 0.6) is 23.0 Å². The largest absolute Gasteiger partial charge is 0.497 e. The minimum Gasteiger partial charge on any atom is -0.497 e. The van der Waals surface area contributed by atoms with E-state index in [9.17, 15) is 0 Å². The molecule has 0 saturated carbocycles. The van der Waals surface area contributed by atoms with E-state index < -0.39 is 0 Å². The smallest absolute Gasteiger partial charge is 0.127 e. The Morgan fingerprint density at radius 3 is 1.56 bits per heavy atom. The Morgan fingerprint density at radius 1 is 0.778 bits per heavy atom. The van der Waals surface area contributed by atoms with Crippen molar-refractivity contribution < 1.29 is 18.9 Å². The molecule has 27 heavy (non-hydrogen) atoms. The van der Waals surface area contributed by atoms with Crippen molar-refractivity contribution in [3.05, 3.63) is 47.5 Å². The lowest BCUT2D eigenvalue weighted by Crippen LogP contribution is -2.28. The van der Waals surface area contributed by atoms with E-state index >= 15 is 0 Å². The van der Waals surface area contributed by atoms with Crippen LogP contribution in [-0.4, -0.2) is 38.3 Å². The summed E-state index contributed by atoms with van der Waals surface area (Å²) in [5.41, 5.74) is 2.09. The minimum absolute atomic E-state index is 0.634. The number of thiocarbonyl (C=S) groups is 1. The van der Waals surface area contributed by atoms with E-state index in [1.54, 1.807) is 28.4 Å². The highest BCUT2D eigenvalue weighted by Crippen LogP contribution is 2.29. The van der Waals surface area contributed by atoms with Crippen molar-refractivity contribution in [3.8, 4) is 23.0 Å². The fourth-order valence-electron chi connectivity index (χ4n) is 2.83. The molecule has 0 aliphatic heterocycles. The maximum Gasteiger partial charge on any atom is 0.127 e. The molecule has 0 radical (unpaired) electrons. The fraction of sp³-hybridized carbons (Fsp3) is 0.381. The molecule has 0 unspecified atom stereocenters. The molecule has 0 aliphatic carbocycles. The lowest BCUT2D eigenvalue weighted by atomic mass is 10.1. The van der Waals surface area contributed by atoms with Crippen LogP contribution >= 0.6 is 12.2 Å². The number of hydrogen-bond donors (Lipinski definition) is 0. The van der Waals surface area contributed by atoms with Crippen LogP contribution in [0.3, 0.4) is 0 Å². The summed E-state index contributed by atoms with van der Waals surface area (Å²) in [6, 6.07) is 11.6. The Kier molecular flexibility index (Phi) is 7.73. The first-order valence-electron chi connectivity index (χ1n) is 8.75. The zero-order valence-electron chi connectivity index (χ0n) is 16.6. The summed E-state index contributed by atoms with van der Waals surface area (Å²) >= 11 is 5.63. The first kappa shape index (κ1) is 20.8. The second-order valence-electron chi connectivity index (χ2n) is 5.96. The molecule has 0 aromatic heterocycles. The molecule has 0 N–H and O–H groups in total. The first-order valence-corrected chi connectivity index (χ1v) is 9.16. The maximum absolute atomic E-state index is 5.63. The van der Waals surface area contributed by atoms with E-state index in [1.807, 2.05) is 36.4 Å². The molecule has 0 spiro atoms. The summed E-state index contributed by atoms with van der Waals surface area (Å²) in [4.78, 5) is 3.04. The van der Waals surface area contributed by atoms with Gasteiger partial charge in [-0.3, -0.25) is 0 Å². The maximum atomic E-state index is 5.63. The average Bonchev–Trinajstić information content (AvgIpc) is 2.72. The van der Waals surface area contributed by atoms with Crippen molar-refractivity contribution in [2.45, 2.75) is 26.4 Å². The third-order valence-corrected chi connectivity index (χ3v) is 4.91. The van der Waals surface area contributed by atoms with Crippen molar-refractivity contribution in [2.24, 2.45) is 0 Å². The van der Waals surface area contributed by atoms with Gasteiger partial charge in [0, 0.05) is 36.3 Å². The Hall–Kier alpha value is -2.47. The van der Waals surface area contributed by atoms with E-state index in [0.29, 0.717) is 13.1 Å². The second-order valence-corrected chi connectivity index (χ2v) is 6.43. The summed E-state index contributed by atoms with van der Waals surface area (Å²) < 4.78 is 21.6. The number of rotatable bonds is 9. The Balaban J connectivity index is 2.31. The van der Waals surface area contributed by atoms with Crippen LogP contribution in [0.25, 0.3) is 0 Å². The Morgan fingerprint density at radius 2 is 1.22 bits per heavy atom. The molecule has 0 bridgehead atoms. The van der Waals surface area contributed by atoms with Crippen LogP contribution in [0.4, 0.5) is 0 Å². The molecule has 0 fully saturated rings. The molecule has 6 heteroatoms. The van der Waals surface area contributed by atoms with Crippen molar-refractivity contribution in [3.63, 3.8) is 0 Å². The standard InChI is InChI=1S/C21H27NO4S/c1-6-21(27)22(13-15-7-9-17(23-2)11-19(15)25-4)14-16-8-10-18(24-3)12-20(16)26-5/h7-12H,6,13-14H2,1-5H3. The van der Waals surface area contributed by atoms with E-state index in [1.165, 1.54) is 0 Å². The quantitative estimate of drug-likeness (QED) is 0.590. The summed E-state index contributed by atoms with van der Waals surface area (Å²) in [5.74, 6) is 3.08. The zero-order chi connectivity index (χ0) is 19.8. The number of nitrogens with zero attached hydrogens (tertiary/aromatic N) is 1.